The minimum Gasteiger partial charge on any atom is -0.353 e. The molecule has 5 rings (SSSR count). The van der Waals surface area contributed by atoms with E-state index in [1.807, 2.05) is 50.2 Å². The van der Waals surface area contributed by atoms with E-state index in [2.05, 4.69) is 16.7 Å². The SMILES string of the molecule is CCN1CCN(c2nc3ccc(C)cn3c(=O)c2/C=C2\SC(=S)N(Cc3ccc(C)cc3)C2=O)CC1. The summed E-state index contributed by atoms with van der Waals surface area (Å²) in [6.07, 6.45) is 3.49. The smallest absolute Gasteiger partial charge is 0.267 e. The summed E-state index contributed by atoms with van der Waals surface area (Å²) in [5.74, 6) is 0.449. The highest BCUT2D eigenvalue weighted by Crippen LogP contribution is 2.34. The van der Waals surface area contributed by atoms with Gasteiger partial charge in [0.25, 0.3) is 11.5 Å². The molecule has 0 bridgehead atoms. The van der Waals surface area contributed by atoms with Crippen molar-refractivity contribution in [3.8, 4) is 0 Å². The van der Waals surface area contributed by atoms with Crippen LogP contribution in [-0.2, 0) is 11.3 Å². The summed E-state index contributed by atoms with van der Waals surface area (Å²) in [7, 11) is 0. The Morgan fingerprint density at radius 3 is 2.39 bits per heavy atom. The van der Waals surface area contributed by atoms with Crippen LogP contribution in [-0.4, -0.2) is 62.1 Å². The fraction of sp³-hybridized carbons (Fsp3) is 0.333. The van der Waals surface area contributed by atoms with Gasteiger partial charge in [-0.3, -0.25) is 18.9 Å². The molecule has 2 aliphatic heterocycles. The molecule has 0 radical (unpaired) electrons. The Kier molecular flexibility index (Phi) is 6.96. The molecule has 2 saturated heterocycles. The first-order valence-electron chi connectivity index (χ1n) is 12.2. The molecule has 2 aliphatic rings. The van der Waals surface area contributed by atoms with Crippen LogP contribution in [0.5, 0.6) is 0 Å². The van der Waals surface area contributed by atoms with E-state index in [0.29, 0.717) is 32.8 Å². The summed E-state index contributed by atoms with van der Waals surface area (Å²) in [5.41, 5.74) is 3.99. The average Bonchev–Trinajstić information content (AvgIpc) is 3.14. The van der Waals surface area contributed by atoms with E-state index < -0.39 is 0 Å². The zero-order valence-corrected chi connectivity index (χ0v) is 22.4. The highest BCUT2D eigenvalue weighted by Gasteiger charge is 2.33. The molecule has 3 aromatic rings. The van der Waals surface area contributed by atoms with Crippen molar-refractivity contribution in [1.29, 1.82) is 0 Å². The first kappa shape index (κ1) is 24.7. The van der Waals surface area contributed by atoms with Crippen LogP contribution < -0.4 is 10.5 Å². The fourth-order valence-corrected chi connectivity index (χ4v) is 5.77. The van der Waals surface area contributed by atoms with E-state index in [0.717, 1.165) is 49.4 Å². The van der Waals surface area contributed by atoms with Crippen LogP contribution in [0, 0.1) is 13.8 Å². The summed E-state index contributed by atoms with van der Waals surface area (Å²) in [4.78, 5) is 38.6. The molecule has 186 valence electrons. The molecular weight excluding hydrogens is 490 g/mol. The Labute approximate surface area is 220 Å². The number of benzene rings is 1. The van der Waals surface area contributed by atoms with Crippen molar-refractivity contribution in [2.24, 2.45) is 0 Å². The molecule has 36 heavy (non-hydrogen) atoms. The molecule has 1 amide bonds. The zero-order valence-electron chi connectivity index (χ0n) is 20.7. The third-order valence-corrected chi connectivity index (χ3v) is 8.09. The number of carbonyl (C=O) groups excluding carboxylic acids is 1. The van der Waals surface area contributed by atoms with E-state index in [9.17, 15) is 9.59 Å². The van der Waals surface area contributed by atoms with Crippen LogP contribution in [0.3, 0.4) is 0 Å². The maximum atomic E-state index is 13.7. The maximum Gasteiger partial charge on any atom is 0.267 e. The van der Waals surface area contributed by atoms with Gasteiger partial charge in [0.1, 0.15) is 15.8 Å². The molecule has 2 aromatic heterocycles. The summed E-state index contributed by atoms with van der Waals surface area (Å²) < 4.78 is 2.06. The topological polar surface area (TPSA) is 61.2 Å². The van der Waals surface area contributed by atoms with Crippen molar-refractivity contribution in [3.63, 3.8) is 0 Å². The standard InChI is InChI=1S/C27H29N5O2S2/c1-4-29-11-13-30(14-12-29)24-21(25(33)31-16-19(3)7-10-23(31)28-24)15-22-26(34)32(27(35)36-22)17-20-8-5-18(2)6-9-20/h5-10,15-16H,4,11-14,17H2,1-3H3/b22-15-. The largest absolute Gasteiger partial charge is 0.353 e. The average molecular weight is 520 g/mol. The summed E-state index contributed by atoms with van der Waals surface area (Å²) >= 11 is 6.80. The number of thiocarbonyl (C=S) groups is 1. The van der Waals surface area contributed by atoms with Gasteiger partial charge >= 0.3 is 0 Å². The fourth-order valence-electron chi connectivity index (χ4n) is 4.53. The highest BCUT2D eigenvalue weighted by molar-refractivity contribution is 8.26. The lowest BCUT2D eigenvalue weighted by atomic mass is 10.1. The van der Waals surface area contributed by atoms with E-state index in [1.54, 1.807) is 21.6 Å². The Hall–Kier alpha value is -3.01. The second kappa shape index (κ2) is 10.2. The van der Waals surface area contributed by atoms with Crippen LogP contribution in [0.25, 0.3) is 11.7 Å². The molecule has 1 aromatic carbocycles. The molecule has 4 heterocycles. The number of hydrogen-bond donors (Lipinski definition) is 0. The quantitative estimate of drug-likeness (QED) is 0.375. The van der Waals surface area contributed by atoms with Crippen LogP contribution in [0.1, 0.15) is 29.2 Å². The van der Waals surface area contributed by atoms with Crippen molar-refractivity contribution >= 4 is 51.7 Å². The minimum absolute atomic E-state index is 0.180. The number of likely N-dealkylation sites (N-methyl/N-ethyl adjacent to an activating group) is 1. The Morgan fingerprint density at radius 2 is 1.69 bits per heavy atom. The molecule has 0 unspecified atom stereocenters. The van der Waals surface area contributed by atoms with Gasteiger partial charge < -0.3 is 9.80 Å². The van der Waals surface area contributed by atoms with Gasteiger partial charge in [0, 0.05) is 32.4 Å². The number of piperazine rings is 1. The first-order valence-corrected chi connectivity index (χ1v) is 13.4. The number of aromatic nitrogens is 2. The molecule has 0 N–H and O–H groups in total. The van der Waals surface area contributed by atoms with Crippen molar-refractivity contribution in [3.05, 3.63) is 80.1 Å². The van der Waals surface area contributed by atoms with Crippen LogP contribution in [0.2, 0.25) is 0 Å². The Balaban J connectivity index is 1.54. The van der Waals surface area contributed by atoms with Crippen molar-refractivity contribution in [2.45, 2.75) is 27.3 Å². The van der Waals surface area contributed by atoms with Gasteiger partial charge in [-0.1, -0.05) is 66.8 Å². The monoisotopic (exact) mass is 519 g/mol. The molecule has 0 spiro atoms. The lowest BCUT2D eigenvalue weighted by molar-refractivity contribution is -0.122. The predicted molar refractivity (Wildman–Crippen MR) is 150 cm³/mol. The number of amides is 1. The summed E-state index contributed by atoms with van der Waals surface area (Å²) in [6, 6.07) is 11.9. The third-order valence-electron chi connectivity index (χ3n) is 6.71. The van der Waals surface area contributed by atoms with Gasteiger partial charge in [-0.2, -0.15) is 0 Å². The molecule has 7 nitrogen and oxygen atoms in total. The summed E-state index contributed by atoms with van der Waals surface area (Å²) in [5, 5.41) is 0. The van der Waals surface area contributed by atoms with Crippen molar-refractivity contribution in [2.75, 3.05) is 37.6 Å². The first-order chi connectivity index (χ1) is 17.3. The molecule has 9 heteroatoms. The number of nitrogens with zero attached hydrogens (tertiary/aromatic N) is 5. The number of anilines is 1. The van der Waals surface area contributed by atoms with Crippen LogP contribution in [0.4, 0.5) is 5.82 Å². The minimum atomic E-state index is -0.180. The van der Waals surface area contributed by atoms with Gasteiger partial charge in [0.15, 0.2) is 0 Å². The number of aryl methyl sites for hydroxylation is 2. The van der Waals surface area contributed by atoms with Gasteiger partial charge in [-0.25, -0.2) is 4.98 Å². The van der Waals surface area contributed by atoms with Crippen LogP contribution in [0.15, 0.2) is 52.3 Å². The van der Waals surface area contributed by atoms with Crippen LogP contribution >= 0.6 is 24.0 Å². The molecule has 0 saturated carbocycles. The van der Waals surface area contributed by atoms with Gasteiger partial charge in [-0.15, -0.1) is 0 Å². The number of hydrogen-bond acceptors (Lipinski definition) is 7. The molecule has 0 atom stereocenters. The number of rotatable bonds is 5. The maximum absolute atomic E-state index is 13.7. The number of fused-ring (bicyclic) bond motifs is 1. The number of pyridine rings is 1. The molecule has 2 fully saturated rings. The van der Waals surface area contributed by atoms with Crippen molar-refractivity contribution < 1.29 is 4.79 Å². The third kappa shape index (κ3) is 4.83. The van der Waals surface area contributed by atoms with E-state index in [-0.39, 0.29) is 11.5 Å². The highest BCUT2D eigenvalue weighted by atomic mass is 32.2. The van der Waals surface area contributed by atoms with Crippen molar-refractivity contribution in [1.82, 2.24) is 19.2 Å². The van der Waals surface area contributed by atoms with Gasteiger partial charge in [0.2, 0.25) is 0 Å². The van der Waals surface area contributed by atoms with E-state index >= 15 is 0 Å². The second-order valence-electron chi connectivity index (χ2n) is 9.26. The number of thioether (sulfide) groups is 1. The van der Waals surface area contributed by atoms with E-state index in [1.165, 1.54) is 11.8 Å². The zero-order chi connectivity index (χ0) is 25.4. The van der Waals surface area contributed by atoms with Gasteiger partial charge in [-0.05, 0) is 43.7 Å². The normalized spacial score (nSPS) is 18.1. The lowest BCUT2D eigenvalue weighted by Gasteiger charge is -2.35. The predicted octanol–water partition coefficient (Wildman–Crippen LogP) is 3.85. The second-order valence-corrected chi connectivity index (χ2v) is 10.9. The lowest BCUT2D eigenvalue weighted by Crippen LogP contribution is -2.47. The summed E-state index contributed by atoms with van der Waals surface area (Å²) in [6.45, 7) is 10.9. The number of carbonyl (C=O) groups is 1. The molecular formula is C27H29N5O2S2. The Bertz CT molecular complexity index is 1420. The van der Waals surface area contributed by atoms with E-state index in [4.69, 9.17) is 17.2 Å². The molecule has 0 aliphatic carbocycles. The Morgan fingerprint density at radius 1 is 1.00 bits per heavy atom. The van der Waals surface area contributed by atoms with Gasteiger partial charge in [0.05, 0.1) is 17.0 Å².